The van der Waals surface area contributed by atoms with Crippen LogP contribution < -0.4 is 32.3 Å². The monoisotopic (exact) mass is 672 g/mol. The first-order valence-electron chi connectivity index (χ1n) is 15.6. The summed E-state index contributed by atoms with van der Waals surface area (Å²) in [6.07, 6.45) is -0.998. The minimum absolute atomic E-state index is 0.0590. The Bertz CT molecular complexity index is 1130. The van der Waals surface area contributed by atoms with Gasteiger partial charge in [-0.25, -0.2) is 4.79 Å². The van der Waals surface area contributed by atoms with E-state index in [0.717, 1.165) is 0 Å². The fourth-order valence-corrected chi connectivity index (χ4v) is 4.39. The second-order valence-corrected chi connectivity index (χ2v) is 12.8. The number of carboxylic acid groups (broad SMARTS) is 3. The maximum atomic E-state index is 13.3. The lowest BCUT2D eigenvalue weighted by Crippen LogP contribution is -2.59. The van der Waals surface area contributed by atoms with Crippen LogP contribution in [0.25, 0.3) is 0 Å². The maximum Gasteiger partial charge on any atom is 0.326 e. The van der Waals surface area contributed by atoms with E-state index in [2.05, 4.69) is 26.6 Å². The SMILES string of the molecule is CC(C)C[C@H](NC(=O)[C@@H](N)CCC(=O)O)C(=O)N[C@H](CC(C)C)C(=O)N[C@@H](C)C(=O)N[C@@H](CC(=O)O)C(=O)N[C@H](CC(C)C)C(=O)O. The van der Waals surface area contributed by atoms with Crippen LogP contribution in [0.3, 0.4) is 0 Å². The molecule has 6 atom stereocenters. The Balaban J connectivity index is 5.74. The molecule has 0 spiro atoms. The van der Waals surface area contributed by atoms with Crippen LogP contribution in [0, 0.1) is 17.8 Å². The Hall–Kier alpha value is -4.28. The zero-order chi connectivity index (χ0) is 36.6. The van der Waals surface area contributed by atoms with Crippen molar-refractivity contribution < 1.29 is 53.7 Å². The number of carbonyl (C=O) groups is 8. The molecule has 0 aliphatic rings. The van der Waals surface area contributed by atoms with Crippen molar-refractivity contribution in [2.24, 2.45) is 23.5 Å². The standard InChI is InChI=1S/C30H52N6O11/c1-14(2)10-19(35-28(44)20(11-15(3)4)34-26(42)18(31)8-9-23(37)38)27(43)32-17(7)25(41)33-21(13-24(39)40)29(45)36-22(30(46)47)12-16(5)6/h14-22H,8-13,31H2,1-7H3,(H,32,43)(H,33,41)(H,34,42)(H,35,44)(H,36,45)(H,37,38)(H,39,40)(H,46,47)/t17-,18-,19+,20-,21-,22+/m0/s1. The van der Waals surface area contributed by atoms with Gasteiger partial charge < -0.3 is 47.6 Å². The van der Waals surface area contributed by atoms with Gasteiger partial charge in [-0.2, -0.15) is 0 Å². The Labute approximate surface area is 274 Å². The molecule has 268 valence electrons. The molecule has 17 nitrogen and oxygen atoms in total. The van der Waals surface area contributed by atoms with Crippen LogP contribution in [-0.4, -0.2) is 99.0 Å². The molecular weight excluding hydrogens is 620 g/mol. The third-order valence-electron chi connectivity index (χ3n) is 6.77. The average Bonchev–Trinajstić information content (AvgIpc) is 2.92. The Morgan fingerprint density at radius 1 is 0.511 bits per heavy atom. The summed E-state index contributed by atoms with van der Waals surface area (Å²) in [6.45, 7) is 11.9. The summed E-state index contributed by atoms with van der Waals surface area (Å²) in [6, 6.07) is -7.75. The minimum Gasteiger partial charge on any atom is -0.481 e. The van der Waals surface area contributed by atoms with Gasteiger partial charge in [-0.15, -0.1) is 0 Å². The molecule has 17 heteroatoms. The van der Waals surface area contributed by atoms with Gasteiger partial charge in [0.05, 0.1) is 12.5 Å². The maximum absolute atomic E-state index is 13.3. The third-order valence-corrected chi connectivity index (χ3v) is 6.77. The molecule has 0 aromatic rings. The van der Waals surface area contributed by atoms with Gasteiger partial charge in [0.15, 0.2) is 0 Å². The fourth-order valence-electron chi connectivity index (χ4n) is 4.39. The number of rotatable bonds is 22. The normalized spacial score (nSPS) is 15.0. The number of carboxylic acids is 3. The molecule has 0 aromatic heterocycles. The van der Waals surface area contributed by atoms with Crippen LogP contribution in [0.2, 0.25) is 0 Å². The molecule has 0 aliphatic heterocycles. The summed E-state index contributed by atoms with van der Waals surface area (Å²) in [5, 5.41) is 39.6. The summed E-state index contributed by atoms with van der Waals surface area (Å²) in [5.74, 6) is -8.40. The molecule has 0 rings (SSSR count). The lowest BCUT2D eigenvalue weighted by molar-refractivity contribution is -0.144. The van der Waals surface area contributed by atoms with E-state index in [1.165, 1.54) is 6.92 Å². The van der Waals surface area contributed by atoms with Gasteiger partial charge in [0, 0.05) is 6.42 Å². The highest BCUT2D eigenvalue weighted by molar-refractivity contribution is 5.97. The van der Waals surface area contributed by atoms with E-state index >= 15 is 0 Å². The van der Waals surface area contributed by atoms with Crippen LogP contribution in [0.1, 0.15) is 87.0 Å². The first-order chi connectivity index (χ1) is 21.6. The van der Waals surface area contributed by atoms with Gasteiger partial charge in [0.2, 0.25) is 29.5 Å². The lowest BCUT2D eigenvalue weighted by atomic mass is 9.99. The summed E-state index contributed by atoms with van der Waals surface area (Å²) < 4.78 is 0. The van der Waals surface area contributed by atoms with Gasteiger partial charge in [0.1, 0.15) is 30.2 Å². The van der Waals surface area contributed by atoms with Crippen LogP contribution in [-0.2, 0) is 38.4 Å². The Morgan fingerprint density at radius 3 is 1.32 bits per heavy atom. The number of nitrogens with two attached hydrogens (primary N) is 1. The smallest absolute Gasteiger partial charge is 0.326 e. The second kappa shape index (κ2) is 20.8. The molecule has 0 bridgehead atoms. The van der Waals surface area contributed by atoms with E-state index in [0.29, 0.717) is 0 Å². The van der Waals surface area contributed by atoms with E-state index in [4.69, 9.17) is 10.8 Å². The summed E-state index contributed by atoms with van der Waals surface area (Å²) in [4.78, 5) is 98.7. The molecule has 0 radical (unpaired) electrons. The molecule has 0 aliphatic carbocycles. The molecule has 0 aromatic carbocycles. The summed E-state index contributed by atoms with van der Waals surface area (Å²) in [5.41, 5.74) is 5.79. The van der Waals surface area contributed by atoms with E-state index in [1.807, 2.05) is 0 Å². The molecule has 0 saturated carbocycles. The van der Waals surface area contributed by atoms with Crippen molar-refractivity contribution in [1.82, 2.24) is 26.6 Å². The van der Waals surface area contributed by atoms with E-state index in [-0.39, 0.29) is 49.9 Å². The predicted molar refractivity (Wildman–Crippen MR) is 168 cm³/mol. The van der Waals surface area contributed by atoms with Crippen LogP contribution in [0.15, 0.2) is 0 Å². The number of amides is 5. The molecule has 0 heterocycles. The number of aliphatic carboxylic acids is 3. The van der Waals surface area contributed by atoms with Crippen molar-refractivity contribution >= 4 is 47.4 Å². The average molecular weight is 673 g/mol. The third kappa shape index (κ3) is 17.9. The second-order valence-electron chi connectivity index (χ2n) is 12.8. The zero-order valence-electron chi connectivity index (χ0n) is 28.1. The highest BCUT2D eigenvalue weighted by atomic mass is 16.4. The van der Waals surface area contributed by atoms with Crippen LogP contribution >= 0.6 is 0 Å². The molecule has 0 fully saturated rings. The topological polar surface area (TPSA) is 283 Å². The van der Waals surface area contributed by atoms with Gasteiger partial charge >= 0.3 is 17.9 Å². The van der Waals surface area contributed by atoms with Crippen molar-refractivity contribution in [2.75, 3.05) is 0 Å². The first kappa shape index (κ1) is 42.7. The van der Waals surface area contributed by atoms with Crippen molar-refractivity contribution in [3.8, 4) is 0 Å². The lowest BCUT2D eigenvalue weighted by Gasteiger charge is -2.27. The van der Waals surface area contributed by atoms with Crippen molar-refractivity contribution in [3.05, 3.63) is 0 Å². The van der Waals surface area contributed by atoms with E-state index in [1.54, 1.807) is 41.5 Å². The summed E-state index contributed by atoms with van der Waals surface area (Å²) >= 11 is 0. The zero-order valence-corrected chi connectivity index (χ0v) is 28.1. The Morgan fingerprint density at radius 2 is 0.894 bits per heavy atom. The number of hydrogen-bond donors (Lipinski definition) is 9. The summed E-state index contributed by atoms with van der Waals surface area (Å²) in [7, 11) is 0. The molecular formula is C30H52N6O11. The minimum atomic E-state index is -1.65. The van der Waals surface area contributed by atoms with Gasteiger partial charge in [-0.3, -0.25) is 33.6 Å². The first-order valence-corrected chi connectivity index (χ1v) is 15.6. The Kier molecular flexibility index (Phi) is 18.9. The molecule has 10 N–H and O–H groups in total. The predicted octanol–water partition coefficient (Wildman–Crippen LogP) is -0.680. The highest BCUT2D eigenvalue weighted by Gasteiger charge is 2.33. The van der Waals surface area contributed by atoms with Gasteiger partial charge in [-0.05, 0) is 50.4 Å². The molecule has 0 saturated heterocycles. The largest absolute Gasteiger partial charge is 0.481 e. The highest BCUT2D eigenvalue weighted by Crippen LogP contribution is 2.11. The van der Waals surface area contributed by atoms with Crippen molar-refractivity contribution in [2.45, 2.75) is 123 Å². The molecule has 47 heavy (non-hydrogen) atoms. The molecule has 0 unspecified atom stereocenters. The van der Waals surface area contributed by atoms with E-state index in [9.17, 15) is 48.6 Å². The van der Waals surface area contributed by atoms with E-state index < -0.39 is 90.1 Å². The van der Waals surface area contributed by atoms with Gasteiger partial charge in [-0.1, -0.05) is 41.5 Å². The van der Waals surface area contributed by atoms with Crippen LogP contribution in [0.4, 0.5) is 0 Å². The van der Waals surface area contributed by atoms with Crippen LogP contribution in [0.5, 0.6) is 0 Å². The van der Waals surface area contributed by atoms with Gasteiger partial charge in [0.25, 0.3) is 0 Å². The van der Waals surface area contributed by atoms with Crippen molar-refractivity contribution in [3.63, 3.8) is 0 Å². The number of hydrogen-bond acceptors (Lipinski definition) is 9. The number of carbonyl (C=O) groups excluding carboxylic acids is 5. The fraction of sp³-hybridized carbons (Fsp3) is 0.733. The molecule has 5 amide bonds. The quantitative estimate of drug-likeness (QED) is 0.0692. The number of nitrogens with one attached hydrogen (secondary N) is 5. The van der Waals surface area contributed by atoms with Crippen molar-refractivity contribution in [1.29, 1.82) is 0 Å².